The van der Waals surface area contributed by atoms with Gasteiger partial charge in [-0.25, -0.2) is 0 Å². The molecule has 94 valence electrons. The predicted molar refractivity (Wildman–Crippen MR) is 69.6 cm³/mol. The van der Waals surface area contributed by atoms with E-state index in [2.05, 4.69) is 16.3 Å². The minimum absolute atomic E-state index is 0.573. The molecule has 0 aliphatic carbocycles. The predicted octanol–water partition coefficient (Wildman–Crippen LogP) is 2.79. The Bertz CT molecular complexity index is 820. The van der Waals surface area contributed by atoms with Gasteiger partial charge >= 0.3 is 0 Å². The molecule has 3 heterocycles. The van der Waals surface area contributed by atoms with Crippen LogP contribution in [0.2, 0.25) is 0 Å². The average Bonchev–Trinajstić information content (AvgIpc) is 2.91. The fraction of sp³-hybridized carbons (Fsp3) is 0.214. The Balaban J connectivity index is 2.34. The number of hydrogen-bond donors (Lipinski definition) is 0. The Kier molecular flexibility index (Phi) is 2.39. The second-order valence-corrected chi connectivity index (χ2v) is 4.50. The molecule has 0 unspecified atom stereocenters. The monoisotopic (exact) mass is 252 g/mol. The van der Waals surface area contributed by atoms with Crippen molar-refractivity contribution in [3.8, 4) is 17.5 Å². The van der Waals surface area contributed by atoms with Crippen molar-refractivity contribution in [2.75, 3.05) is 0 Å². The van der Waals surface area contributed by atoms with Crippen LogP contribution < -0.4 is 0 Å². The molecule has 3 aromatic rings. The lowest BCUT2D eigenvalue weighted by Gasteiger charge is -2.00. The zero-order chi connectivity index (χ0) is 13.6. The van der Waals surface area contributed by atoms with Crippen LogP contribution in [0.25, 0.3) is 17.0 Å². The molecular weight excluding hydrogens is 240 g/mol. The van der Waals surface area contributed by atoms with Crippen LogP contribution in [0.5, 0.6) is 0 Å². The van der Waals surface area contributed by atoms with Crippen LogP contribution in [-0.2, 0) is 0 Å². The number of nitrogens with zero attached hydrogens (tertiary/aromatic N) is 4. The second-order valence-electron chi connectivity index (χ2n) is 4.50. The van der Waals surface area contributed by atoms with E-state index in [1.54, 1.807) is 18.3 Å². The molecule has 3 rings (SSSR count). The Hall–Kier alpha value is -2.61. The van der Waals surface area contributed by atoms with Gasteiger partial charge in [-0.1, -0.05) is 0 Å². The van der Waals surface area contributed by atoms with Gasteiger partial charge in [0.1, 0.15) is 17.6 Å². The lowest BCUT2D eigenvalue weighted by molar-refractivity contribution is 0.503. The average molecular weight is 252 g/mol. The smallest absolute Gasteiger partial charge is 0.172 e. The SMILES string of the molecule is Cc1oc(C)c(-c2nnc3ccc(C#N)cn23)c1C. The quantitative estimate of drug-likeness (QED) is 0.667. The summed E-state index contributed by atoms with van der Waals surface area (Å²) in [5.74, 6) is 2.39. The lowest BCUT2D eigenvalue weighted by Crippen LogP contribution is -1.92. The molecule has 19 heavy (non-hydrogen) atoms. The molecule has 0 amide bonds. The summed E-state index contributed by atoms with van der Waals surface area (Å²) >= 11 is 0. The highest BCUT2D eigenvalue weighted by Gasteiger charge is 2.18. The number of fused-ring (bicyclic) bond motifs is 1. The molecule has 0 bridgehead atoms. The van der Waals surface area contributed by atoms with E-state index in [4.69, 9.17) is 9.68 Å². The number of hydrogen-bond acceptors (Lipinski definition) is 4. The van der Waals surface area contributed by atoms with Crippen LogP contribution in [0, 0.1) is 32.1 Å². The zero-order valence-corrected chi connectivity index (χ0v) is 10.9. The Morgan fingerprint density at radius 2 is 1.95 bits per heavy atom. The van der Waals surface area contributed by atoms with Gasteiger partial charge in [-0.15, -0.1) is 10.2 Å². The van der Waals surface area contributed by atoms with Gasteiger partial charge in [-0.3, -0.25) is 4.40 Å². The molecule has 5 heteroatoms. The van der Waals surface area contributed by atoms with Gasteiger partial charge in [0.2, 0.25) is 0 Å². The summed E-state index contributed by atoms with van der Waals surface area (Å²) in [5.41, 5.74) is 3.28. The first-order valence-corrected chi connectivity index (χ1v) is 5.93. The first-order chi connectivity index (χ1) is 9.11. The number of pyridine rings is 1. The molecule has 0 aliphatic heterocycles. The minimum atomic E-state index is 0.573. The minimum Gasteiger partial charge on any atom is -0.466 e. The van der Waals surface area contributed by atoms with E-state index in [0.29, 0.717) is 17.0 Å². The van der Waals surface area contributed by atoms with Crippen LogP contribution in [0.3, 0.4) is 0 Å². The van der Waals surface area contributed by atoms with Gasteiger partial charge in [0.15, 0.2) is 11.5 Å². The van der Waals surface area contributed by atoms with Crippen molar-refractivity contribution >= 4 is 5.65 Å². The Morgan fingerprint density at radius 1 is 1.16 bits per heavy atom. The molecule has 0 fully saturated rings. The summed E-state index contributed by atoms with van der Waals surface area (Å²) in [4.78, 5) is 0. The maximum absolute atomic E-state index is 8.99. The van der Waals surface area contributed by atoms with Crippen molar-refractivity contribution in [1.82, 2.24) is 14.6 Å². The highest BCUT2D eigenvalue weighted by molar-refractivity contribution is 5.66. The van der Waals surface area contributed by atoms with Crippen molar-refractivity contribution in [2.24, 2.45) is 0 Å². The van der Waals surface area contributed by atoms with Gasteiger partial charge in [0.25, 0.3) is 0 Å². The van der Waals surface area contributed by atoms with E-state index in [-0.39, 0.29) is 0 Å². The van der Waals surface area contributed by atoms with Crippen molar-refractivity contribution in [3.63, 3.8) is 0 Å². The Labute approximate surface area is 110 Å². The molecule has 0 radical (unpaired) electrons. The summed E-state index contributed by atoms with van der Waals surface area (Å²) in [7, 11) is 0. The fourth-order valence-electron chi connectivity index (χ4n) is 2.25. The lowest BCUT2D eigenvalue weighted by atomic mass is 10.1. The maximum Gasteiger partial charge on any atom is 0.172 e. The molecule has 3 aromatic heterocycles. The number of aryl methyl sites for hydroxylation is 2. The van der Waals surface area contributed by atoms with Gasteiger partial charge in [0, 0.05) is 11.8 Å². The van der Waals surface area contributed by atoms with Crippen LogP contribution in [0.15, 0.2) is 22.7 Å². The van der Waals surface area contributed by atoms with Gasteiger partial charge in [-0.05, 0) is 32.9 Å². The summed E-state index contributed by atoms with van der Waals surface area (Å²) in [6.45, 7) is 5.83. The molecule has 0 aliphatic rings. The summed E-state index contributed by atoms with van der Waals surface area (Å²) in [6, 6.07) is 5.64. The van der Waals surface area contributed by atoms with Crippen LogP contribution in [-0.4, -0.2) is 14.6 Å². The van der Waals surface area contributed by atoms with Gasteiger partial charge in [-0.2, -0.15) is 5.26 Å². The summed E-state index contributed by atoms with van der Waals surface area (Å²) < 4.78 is 7.45. The maximum atomic E-state index is 8.99. The second kappa shape index (κ2) is 3.95. The molecule has 0 spiro atoms. The standard InChI is InChI=1S/C14H12N4O/c1-8-9(2)19-10(3)13(8)14-17-16-12-5-4-11(6-15)7-18(12)14/h4-5,7H,1-3H3. The van der Waals surface area contributed by atoms with Crippen LogP contribution in [0.4, 0.5) is 0 Å². The molecule has 0 saturated carbocycles. The molecule has 0 atom stereocenters. The third-order valence-electron chi connectivity index (χ3n) is 3.32. The fourth-order valence-corrected chi connectivity index (χ4v) is 2.25. The highest BCUT2D eigenvalue weighted by atomic mass is 16.3. The zero-order valence-electron chi connectivity index (χ0n) is 10.9. The van der Waals surface area contributed by atoms with Crippen molar-refractivity contribution < 1.29 is 4.42 Å². The summed E-state index contributed by atoms with van der Waals surface area (Å²) in [5, 5.41) is 17.3. The van der Waals surface area contributed by atoms with Crippen molar-refractivity contribution in [3.05, 3.63) is 41.0 Å². The van der Waals surface area contributed by atoms with E-state index in [1.807, 2.05) is 25.2 Å². The number of aromatic nitrogens is 3. The highest BCUT2D eigenvalue weighted by Crippen LogP contribution is 2.30. The third kappa shape index (κ3) is 1.61. The van der Waals surface area contributed by atoms with Crippen molar-refractivity contribution in [2.45, 2.75) is 20.8 Å². The number of nitriles is 1. The van der Waals surface area contributed by atoms with E-state index >= 15 is 0 Å². The van der Waals surface area contributed by atoms with Crippen LogP contribution >= 0.6 is 0 Å². The third-order valence-corrected chi connectivity index (χ3v) is 3.32. The van der Waals surface area contributed by atoms with E-state index in [1.165, 1.54) is 0 Å². The van der Waals surface area contributed by atoms with E-state index in [9.17, 15) is 0 Å². The van der Waals surface area contributed by atoms with Gasteiger partial charge < -0.3 is 4.42 Å². The molecule has 5 nitrogen and oxygen atoms in total. The van der Waals surface area contributed by atoms with Crippen LogP contribution in [0.1, 0.15) is 22.6 Å². The molecular formula is C14H12N4O. The normalized spacial score (nSPS) is 10.8. The Morgan fingerprint density at radius 3 is 2.58 bits per heavy atom. The first kappa shape index (κ1) is 11.5. The first-order valence-electron chi connectivity index (χ1n) is 5.93. The van der Waals surface area contributed by atoms with E-state index < -0.39 is 0 Å². The number of furan rings is 1. The molecule has 0 aromatic carbocycles. The largest absolute Gasteiger partial charge is 0.466 e. The molecule has 0 N–H and O–H groups in total. The topological polar surface area (TPSA) is 67.1 Å². The molecule has 0 saturated heterocycles. The van der Waals surface area contributed by atoms with Crippen molar-refractivity contribution in [1.29, 1.82) is 5.26 Å². The number of rotatable bonds is 1. The summed E-state index contributed by atoms with van der Waals surface area (Å²) in [6.07, 6.45) is 1.74. The van der Waals surface area contributed by atoms with E-state index in [0.717, 1.165) is 22.6 Å². The van der Waals surface area contributed by atoms with Gasteiger partial charge in [0.05, 0.1) is 11.1 Å².